The van der Waals surface area contributed by atoms with Crippen LogP contribution in [0.3, 0.4) is 0 Å². The number of hydrogen-bond donors (Lipinski definition) is 2. The molecule has 0 saturated carbocycles. The first-order chi connectivity index (χ1) is 14.6. The van der Waals surface area contributed by atoms with Gasteiger partial charge in [0.1, 0.15) is 0 Å². The molecule has 30 heavy (non-hydrogen) atoms. The van der Waals surface area contributed by atoms with Crippen LogP contribution < -0.4 is 10.6 Å². The zero-order valence-corrected chi connectivity index (χ0v) is 18.6. The SMILES string of the molecule is CCCC(CCC)NC(=O)[C@H]1CC(=O)N[C@@H]1c1ccccc1.CCc1ccccc1. The lowest BCUT2D eigenvalue weighted by Crippen LogP contribution is -2.40. The molecule has 3 rings (SSSR count). The lowest BCUT2D eigenvalue weighted by molar-refractivity contribution is -0.127. The van der Waals surface area contributed by atoms with E-state index in [0.29, 0.717) is 0 Å². The summed E-state index contributed by atoms with van der Waals surface area (Å²) >= 11 is 0. The van der Waals surface area contributed by atoms with Crippen molar-refractivity contribution in [2.45, 2.75) is 71.4 Å². The van der Waals surface area contributed by atoms with Crippen molar-refractivity contribution in [1.29, 1.82) is 0 Å². The van der Waals surface area contributed by atoms with Crippen LogP contribution in [0, 0.1) is 5.92 Å². The maximum atomic E-state index is 12.6. The van der Waals surface area contributed by atoms with Crippen molar-refractivity contribution in [3.05, 3.63) is 71.8 Å². The van der Waals surface area contributed by atoms with E-state index in [1.54, 1.807) is 0 Å². The molecule has 4 nitrogen and oxygen atoms in total. The van der Waals surface area contributed by atoms with Crippen LogP contribution in [0.1, 0.15) is 70.0 Å². The minimum atomic E-state index is -0.314. The average Bonchev–Trinajstić information content (AvgIpc) is 3.18. The van der Waals surface area contributed by atoms with Crippen molar-refractivity contribution in [3.63, 3.8) is 0 Å². The van der Waals surface area contributed by atoms with Crippen molar-refractivity contribution in [3.8, 4) is 0 Å². The lowest BCUT2D eigenvalue weighted by atomic mass is 9.92. The second-order valence-electron chi connectivity index (χ2n) is 7.89. The summed E-state index contributed by atoms with van der Waals surface area (Å²) in [4.78, 5) is 24.4. The molecule has 0 bridgehead atoms. The summed E-state index contributed by atoms with van der Waals surface area (Å²) in [7, 11) is 0. The van der Waals surface area contributed by atoms with Gasteiger partial charge in [0, 0.05) is 12.5 Å². The van der Waals surface area contributed by atoms with Gasteiger partial charge in [0.15, 0.2) is 0 Å². The van der Waals surface area contributed by atoms with E-state index < -0.39 is 0 Å². The normalized spacial score (nSPS) is 17.8. The molecule has 2 amide bonds. The van der Waals surface area contributed by atoms with Crippen LogP contribution in [0.2, 0.25) is 0 Å². The fourth-order valence-electron chi connectivity index (χ4n) is 3.88. The van der Waals surface area contributed by atoms with E-state index in [9.17, 15) is 9.59 Å². The highest BCUT2D eigenvalue weighted by Crippen LogP contribution is 2.30. The van der Waals surface area contributed by atoms with E-state index in [0.717, 1.165) is 37.7 Å². The Hall–Kier alpha value is -2.62. The summed E-state index contributed by atoms with van der Waals surface area (Å²) < 4.78 is 0. The van der Waals surface area contributed by atoms with Crippen molar-refractivity contribution in [1.82, 2.24) is 10.6 Å². The van der Waals surface area contributed by atoms with Crippen LogP contribution in [0.4, 0.5) is 0 Å². The summed E-state index contributed by atoms with van der Waals surface area (Å²) in [5.74, 6) is -0.359. The molecule has 2 atom stereocenters. The molecule has 1 aliphatic rings. The predicted molar refractivity (Wildman–Crippen MR) is 123 cm³/mol. The van der Waals surface area contributed by atoms with Gasteiger partial charge in [0.25, 0.3) is 0 Å². The highest BCUT2D eigenvalue weighted by Gasteiger charge is 2.38. The van der Waals surface area contributed by atoms with E-state index in [4.69, 9.17) is 0 Å². The highest BCUT2D eigenvalue weighted by atomic mass is 16.2. The van der Waals surface area contributed by atoms with Crippen molar-refractivity contribution in [2.24, 2.45) is 5.92 Å². The minimum Gasteiger partial charge on any atom is -0.353 e. The molecule has 1 aliphatic heterocycles. The fourth-order valence-corrected chi connectivity index (χ4v) is 3.88. The quantitative estimate of drug-likeness (QED) is 0.631. The molecule has 0 aliphatic carbocycles. The van der Waals surface area contributed by atoms with Gasteiger partial charge in [-0.2, -0.15) is 0 Å². The first-order valence-electron chi connectivity index (χ1n) is 11.3. The Balaban J connectivity index is 0.000000335. The van der Waals surface area contributed by atoms with Crippen LogP contribution in [0.5, 0.6) is 0 Å². The molecule has 2 N–H and O–H groups in total. The monoisotopic (exact) mass is 408 g/mol. The van der Waals surface area contributed by atoms with Gasteiger partial charge in [-0.1, -0.05) is 94.3 Å². The summed E-state index contributed by atoms with van der Waals surface area (Å²) in [5, 5.41) is 6.09. The third kappa shape index (κ3) is 7.33. The smallest absolute Gasteiger partial charge is 0.226 e. The van der Waals surface area contributed by atoms with Crippen LogP contribution in [-0.2, 0) is 16.0 Å². The zero-order chi connectivity index (χ0) is 21.8. The summed E-state index contributed by atoms with van der Waals surface area (Å²) in [6, 6.07) is 20.2. The van der Waals surface area contributed by atoms with Gasteiger partial charge in [-0.3, -0.25) is 9.59 Å². The largest absolute Gasteiger partial charge is 0.353 e. The number of carbonyl (C=O) groups is 2. The molecule has 1 heterocycles. The molecule has 0 spiro atoms. The van der Waals surface area contributed by atoms with Crippen LogP contribution in [-0.4, -0.2) is 17.9 Å². The third-order valence-electron chi connectivity index (χ3n) is 5.49. The van der Waals surface area contributed by atoms with E-state index in [2.05, 4.69) is 55.7 Å². The molecular formula is C26H36N2O2. The Morgan fingerprint density at radius 1 is 0.967 bits per heavy atom. The molecule has 4 heteroatoms. The standard InChI is InChI=1S/C18H26N2O2.C8H10/c1-3-8-14(9-4-2)19-18(22)15-12-16(21)20-17(15)13-10-6-5-7-11-13;1-2-8-6-4-3-5-7-8/h5-7,10-11,14-15,17H,3-4,8-9,12H2,1-2H3,(H,19,22)(H,20,21);3-7H,2H2,1H3/t15-,17+;/m0./s1. The molecule has 0 aromatic heterocycles. The summed E-state index contributed by atoms with van der Waals surface area (Å²) in [6.07, 6.45) is 5.49. The molecule has 162 valence electrons. The average molecular weight is 409 g/mol. The Labute approximate surface area is 181 Å². The Kier molecular flexibility index (Phi) is 10.1. The van der Waals surface area contributed by atoms with Gasteiger partial charge < -0.3 is 10.6 Å². The number of rotatable bonds is 8. The maximum Gasteiger partial charge on any atom is 0.226 e. The lowest BCUT2D eigenvalue weighted by Gasteiger charge is -2.23. The second-order valence-corrected chi connectivity index (χ2v) is 7.89. The van der Waals surface area contributed by atoms with Gasteiger partial charge in [-0.15, -0.1) is 0 Å². The van der Waals surface area contributed by atoms with Crippen molar-refractivity contribution >= 4 is 11.8 Å². The number of hydrogen-bond acceptors (Lipinski definition) is 2. The molecule has 1 fully saturated rings. The zero-order valence-electron chi connectivity index (χ0n) is 18.6. The van der Waals surface area contributed by atoms with Gasteiger partial charge in [0.2, 0.25) is 11.8 Å². The number of amides is 2. The topological polar surface area (TPSA) is 58.2 Å². The fraction of sp³-hybridized carbons (Fsp3) is 0.462. The number of aryl methyl sites for hydroxylation is 1. The molecule has 2 aromatic rings. The maximum absolute atomic E-state index is 12.6. The highest BCUT2D eigenvalue weighted by molar-refractivity contribution is 5.90. The van der Waals surface area contributed by atoms with E-state index in [1.807, 2.05) is 36.4 Å². The summed E-state index contributed by atoms with van der Waals surface area (Å²) in [6.45, 7) is 6.42. The third-order valence-corrected chi connectivity index (χ3v) is 5.49. The first-order valence-corrected chi connectivity index (χ1v) is 11.3. The Bertz CT molecular complexity index is 755. The Morgan fingerprint density at radius 3 is 2.03 bits per heavy atom. The number of benzene rings is 2. The van der Waals surface area contributed by atoms with Crippen molar-refractivity contribution < 1.29 is 9.59 Å². The van der Waals surface area contributed by atoms with Gasteiger partial charge in [0.05, 0.1) is 12.0 Å². The number of carbonyl (C=O) groups excluding carboxylic acids is 2. The number of nitrogens with one attached hydrogen (secondary N) is 2. The molecular weight excluding hydrogens is 372 g/mol. The summed E-state index contributed by atoms with van der Waals surface area (Å²) in [5.41, 5.74) is 2.41. The van der Waals surface area contributed by atoms with Crippen LogP contribution in [0.15, 0.2) is 60.7 Å². The molecule has 1 saturated heterocycles. The van der Waals surface area contributed by atoms with Gasteiger partial charge >= 0.3 is 0 Å². The second kappa shape index (κ2) is 12.8. The van der Waals surface area contributed by atoms with Crippen molar-refractivity contribution in [2.75, 3.05) is 0 Å². The first kappa shape index (κ1) is 23.7. The molecule has 2 aromatic carbocycles. The Morgan fingerprint density at radius 2 is 1.53 bits per heavy atom. The van der Waals surface area contributed by atoms with E-state index >= 15 is 0 Å². The predicted octanol–water partition coefficient (Wildman–Crippen LogP) is 5.20. The molecule has 0 radical (unpaired) electrons. The minimum absolute atomic E-state index is 0.000830. The van der Waals surface area contributed by atoms with Gasteiger partial charge in [-0.05, 0) is 30.4 Å². The van der Waals surface area contributed by atoms with Gasteiger partial charge in [-0.25, -0.2) is 0 Å². The van der Waals surface area contributed by atoms with E-state index in [-0.39, 0.29) is 36.2 Å². The van der Waals surface area contributed by atoms with E-state index in [1.165, 1.54) is 5.56 Å². The van der Waals surface area contributed by atoms with Crippen LogP contribution in [0.25, 0.3) is 0 Å². The molecule has 0 unspecified atom stereocenters. The van der Waals surface area contributed by atoms with Crippen LogP contribution >= 0.6 is 0 Å².